The first-order valence-electron chi connectivity index (χ1n) is 6.49. The predicted octanol–water partition coefficient (Wildman–Crippen LogP) is 6.62. The van der Waals surface area contributed by atoms with E-state index < -0.39 is 0 Å². The molecule has 2 aromatic carbocycles. The molecule has 0 bridgehead atoms. The minimum atomic E-state index is -0.113. The molecule has 0 aliphatic heterocycles. The number of hydrogen-bond donors (Lipinski definition) is 0. The molecule has 20 heavy (non-hydrogen) atoms. The average Bonchev–Trinajstić information content (AvgIpc) is 2.39. The van der Waals surface area contributed by atoms with Gasteiger partial charge < -0.3 is 0 Å². The van der Waals surface area contributed by atoms with Gasteiger partial charge in [0.05, 0.1) is 5.38 Å². The third-order valence-electron chi connectivity index (χ3n) is 3.91. The van der Waals surface area contributed by atoms with E-state index in [2.05, 4.69) is 90.5 Å². The van der Waals surface area contributed by atoms with Crippen LogP contribution in [0.4, 0.5) is 0 Å². The van der Waals surface area contributed by atoms with Crippen molar-refractivity contribution in [2.75, 3.05) is 0 Å². The van der Waals surface area contributed by atoms with Gasteiger partial charge in [-0.3, -0.25) is 0 Å². The fourth-order valence-electron chi connectivity index (χ4n) is 2.49. The summed E-state index contributed by atoms with van der Waals surface area (Å²) in [6, 6.07) is 8.51. The van der Waals surface area contributed by atoms with Crippen LogP contribution < -0.4 is 0 Å². The van der Waals surface area contributed by atoms with E-state index in [1.807, 2.05) is 0 Å². The Morgan fingerprint density at radius 2 is 1.55 bits per heavy atom. The van der Waals surface area contributed by atoms with Crippen molar-refractivity contribution in [3.8, 4) is 0 Å². The Kier molecular flexibility index (Phi) is 5.19. The van der Waals surface area contributed by atoms with Crippen LogP contribution in [0.3, 0.4) is 0 Å². The third kappa shape index (κ3) is 3.07. The lowest BCUT2D eigenvalue weighted by molar-refractivity contribution is 1.04. The number of hydrogen-bond acceptors (Lipinski definition) is 0. The Morgan fingerprint density at radius 1 is 1.00 bits per heavy atom. The van der Waals surface area contributed by atoms with Crippen LogP contribution in [0.1, 0.15) is 38.8 Å². The SMILES string of the molecule is Cc1cc(C)c(C)c(C(Cl)c2cc(Br)ccc2I)c1C. The maximum absolute atomic E-state index is 6.84. The molecule has 0 saturated carbocycles. The molecule has 0 spiro atoms. The Labute approximate surface area is 148 Å². The monoisotopic (exact) mass is 462 g/mol. The molecule has 0 heterocycles. The molecule has 106 valence electrons. The number of aryl methyl sites for hydroxylation is 2. The fourth-order valence-corrected chi connectivity index (χ4v) is 4.21. The summed E-state index contributed by atoms with van der Waals surface area (Å²) in [4.78, 5) is 0. The molecule has 0 radical (unpaired) electrons. The molecular formula is C17H17BrClI. The first kappa shape index (κ1) is 16.3. The molecule has 1 unspecified atom stereocenters. The number of alkyl halides is 1. The van der Waals surface area contributed by atoms with Gasteiger partial charge in [-0.25, -0.2) is 0 Å². The first-order valence-corrected chi connectivity index (χ1v) is 8.80. The van der Waals surface area contributed by atoms with E-state index in [0.717, 1.165) is 10.0 Å². The highest BCUT2D eigenvalue weighted by Crippen LogP contribution is 2.38. The van der Waals surface area contributed by atoms with Gasteiger partial charge in [0.15, 0.2) is 0 Å². The Morgan fingerprint density at radius 3 is 2.10 bits per heavy atom. The molecule has 0 saturated heterocycles. The van der Waals surface area contributed by atoms with E-state index >= 15 is 0 Å². The lowest BCUT2D eigenvalue weighted by atomic mass is 9.90. The average molecular weight is 464 g/mol. The van der Waals surface area contributed by atoms with Crippen LogP contribution in [0, 0.1) is 31.3 Å². The van der Waals surface area contributed by atoms with Gasteiger partial charge in [-0.2, -0.15) is 0 Å². The molecule has 0 aliphatic carbocycles. The summed E-state index contributed by atoms with van der Waals surface area (Å²) in [5.74, 6) is 0. The van der Waals surface area contributed by atoms with Gasteiger partial charge in [0.1, 0.15) is 0 Å². The first-order chi connectivity index (χ1) is 9.32. The van der Waals surface area contributed by atoms with Crippen molar-refractivity contribution in [1.82, 2.24) is 0 Å². The zero-order valence-corrected chi connectivity index (χ0v) is 16.5. The summed E-state index contributed by atoms with van der Waals surface area (Å²) in [5, 5.41) is -0.113. The van der Waals surface area contributed by atoms with Gasteiger partial charge in [0.25, 0.3) is 0 Å². The predicted molar refractivity (Wildman–Crippen MR) is 99.9 cm³/mol. The van der Waals surface area contributed by atoms with Crippen LogP contribution in [-0.2, 0) is 0 Å². The molecule has 0 fully saturated rings. The lowest BCUT2D eigenvalue weighted by Gasteiger charge is -2.21. The number of benzene rings is 2. The second-order valence-corrected chi connectivity index (χ2v) is 7.72. The van der Waals surface area contributed by atoms with Crippen molar-refractivity contribution in [2.45, 2.75) is 33.1 Å². The zero-order chi connectivity index (χ0) is 15.0. The molecule has 0 aliphatic rings. The van der Waals surface area contributed by atoms with Crippen LogP contribution in [0.15, 0.2) is 28.7 Å². The minimum Gasteiger partial charge on any atom is -0.113 e. The van der Waals surface area contributed by atoms with Crippen LogP contribution >= 0.6 is 50.1 Å². The number of rotatable bonds is 2. The lowest BCUT2D eigenvalue weighted by Crippen LogP contribution is -2.05. The van der Waals surface area contributed by atoms with Crippen LogP contribution in [0.5, 0.6) is 0 Å². The Bertz CT molecular complexity index is 638. The van der Waals surface area contributed by atoms with E-state index in [4.69, 9.17) is 11.6 Å². The third-order valence-corrected chi connectivity index (χ3v) is 5.84. The summed E-state index contributed by atoms with van der Waals surface area (Å²) < 4.78 is 2.27. The van der Waals surface area contributed by atoms with Crippen molar-refractivity contribution >= 4 is 50.1 Å². The molecule has 1 atom stereocenters. The Hall–Kier alpha value is -0.0600. The summed E-state index contributed by atoms with van der Waals surface area (Å²) in [6.45, 7) is 8.64. The summed E-state index contributed by atoms with van der Waals surface area (Å²) in [7, 11) is 0. The molecule has 0 nitrogen and oxygen atoms in total. The van der Waals surface area contributed by atoms with Gasteiger partial charge in [-0.05, 0) is 102 Å². The molecule has 2 aromatic rings. The smallest absolute Gasteiger partial charge is 0.0851 e. The van der Waals surface area contributed by atoms with Gasteiger partial charge in [0, 0.05) is 8.04 Å². The summed E-state index contributed by atoms with van der Waals surface area (Å²) in [5.41, 5.74) is 7.61. The topological polar surface area (TPSA) is 0 Å². The van der Waals surface area contributed by atoms with Gasteiger partial charge in [-0.15, -0.1) is 11.6 Å². The highest BCUT2D eigenvalue weighted by atomic mass is 127. The van der Waals surface area contributed by atoms with Crippen LogP contribution in [-0.4, -0.2) is 0 Å². The molecule has 2 rings (SSSR count). The quantitative estimate of drug-likeness (QED) is 0.347. The molecule has 0 N–H and O–H groups in total. The molecule has 0 amide bonds. The van der Waals surface area contributed by atoms with Gasteiger partial charge >= 0.3 is 0 Å². The second kappa shape index (κ2) is 6.37. The molecular weight excluding hydrogens is 446 g/mol. The Balaban J connectivity index is 2.65. The van der Waals surface area contributed by atoms with Gasteiger partial charge in [-0.1, -0.05) is 22.0 Å². The van der Waals surface area contributed by atoms with E-state index in [-0.39, 0.29) is 5.38 Å². The second-order valence-electron chi connectivity index (χ2n) is 5.20. The summed E-state index contributed by atoms with van der Waals surface area (Å²) >= 11 is 12.7. The van der Waals surface area contributed by atoms with Gasteiger partial charge in [0.2, 0.25) is 0 Å². The van der Waals surface area contributed by atoms with Crippen molar-refractivity contribution in [1.29, 1.82) is 0 Å². The fraction of sp³-hybridized carbons (Fsp3) is 0.294. The number of halogens is 3. The normalized spacial score (nSPS) is 12.6. The minimum absolute atomic E-state index is 0.113. The zero-order valence-electron chi connectivity index (χ0n) is 12.0. The van der Waals surface area contributed by atoms with E-state index in [9.17, 15) is 0 Å². The molecule has 3 heteroatoms. The highest BCUT2D eigenvalue weighted by molar-refractivity contribution is 14.1. The molecule has 0 aromatic heterocycles. The van der Waals surface area contributed by atoms with Crippen molar-refractivity contribution in [2.24, 2.45) is 0 Å². The van der Waals surface area contributed by atoms with Crippen LogP contribution in [0.25, 0.3) is 0 Å². The maximum Gasteiger partial charge on any atom is 0.0851 e. The van der Waals surface area contributed by atoms with E-state index in [1.54, 1.807) is 0 Å². The largest absolute Gasteiger partial charge is 0.113 e. The van der Waals surface area contributed by atoms with Crippen molar-refractivity contribution in [3.05, 3.63) is 65.7 Å². The standard InChI is InChI=1S/C17H17BrClI/c1-9-7-10(2)12(4)16(11(9)3)17(19)14-8-13(18)5-6-15(14)20/h5-8,17H,1-4H3. The van der Waals surface area contributed by atoms with E-state index in [0.29, 0.717) is 0 Å². The van der Waals surface area contributed by atoms with Crippen molar-refractivity contribution < 1.29 is 0 Å². The van der Waals surface area contributed by atoms with Crippen LogP contribution in [0.2, 0.25) is 0 Å². The summed E-state index contributed by atoms with van der Waals surface area (Å²) in [6.07, 6.45) is 0. The van der Waals surface area contributed by atoms with Crippen molar-refractivity contribution in [3.63, 3.8) is 0 Å². The highest BCUT2D eigenvalue weighted by Gasteiger charge is 2.20. The van der Waals surface area contributed by atoms with E-state index in [1.165, 1.54) is 31.4 Å². The maximum atomic E-state index is 6.84.